The van der Waals surface area contributed by atoms with Gasteiger partial charge >= 0.3 is 0 Å². The Morgan fingerprint density at radius 3 is 2.50 bits per heavy atom. The van der Waals surface area contributed by atoms with Crippen molar-refractivity contribution >= 4 is 46.5 Å². The average molecular weight is 445 g/mol. The number of aromatic hydroxyl groups is 1. The second kappa shape index (κ2) is 9.15. The van der Waals surface area contributed by atoms with Crippen LogP contribution in [0.4, 0.5) is 15.8 Å². The Kier molecular flexibility index (Phi) is 6.59. The molecule has 0 aliphatic heterocycles. The van der Waals surface area contributed by atoms with E-state index in [-0.39, 0.29) is 27.6 Å². The van der Waals surface area contributed by atoms with Gasteiger partial charge in [-0.1, -0.05) is 11.6 Å². The number of carbonyl (C=O) groups excluding carboxylic acids is 1. The number of aromatic nitrogens is 1. The highest BCUT2D eigenvalue weighted by atomic mass is 35.5. The third-order valence-electron chi connectivity index (χ3n) is 4.06. The molecule has 2 aromatic carbocycles. The number of pyridine rings is 1. The van der Waals surface area contributed by atoms with Gasteiger partial charge in [0.15, 0.2) is 0 Å². The molecule has 4 N–H and O–H groups in total. The standard InChI is InChI=1S/C21H18ClFN4O2S/c1-11-9-16(19(12(2)24)21(29)25-11)20(28)26-15-7-8-17(23)18(10-15)30-27-14-5-3-13(22)4-6-14/h3-10,24,27H,1-2H3,(H,25,29)(H,26,28). The fraction of sp³-hybridized carbons (Fsp3) is 0.0952. The second-order valence-electron chi connectivity index (χ2n) is 6.45. The van der Waals surface area contributed by atoms with Crippen LogP contribution in [0.25, 0.3) is 0 Å². The van der Waals surface area contributed by atoms with Crippen LogP contribution in [0.1, 0.15) is 28.5 Å². The van der Waals surface area contributed by atoms with E-state index < -0.39 is 11.7 Å². The fourth-order valence-corrected chi connectivity index (χ4v) is 3.54. The van der Waals surface area contributed by atoms with E-state index in [9.17, 15) is 14.3 Å². The summed E-state index contributed by atoms with van der Waals surface area (Å²) in [7, 11) is 0. The molecule has 0 atom stereocenters. The zero-order valence-corrected chi connectivity index (χ0v) is 17.7. The van der Waals surface area contributed by atoms with Gasteiger partial charge < -0.3 is 20.6 Å². The number of halogens is 2. The van der Waals surface area contributed by atoms with Crippen molar-refractivity contribution in [2.24, 2.45) is 0 Å². The molecule has 0 fully saturated rings. The maximum atomic E-state index is 14.2. The number of nitrogens with zero attached hydrogens (tertiary/aromatic N) is 1. The van der Waals surface area contributed by atoms with Crippen molar-refractivity contribution in [2.75, 3.05) is 10.0 Å². The van der Waals surface area contributed by atoms with Crippen LogP contribution in [-0.4, -0.2) is 21.7 Å². The summed E-state index contributed by atoms with van der Waals surface area (Å²) in [5.41, 5.74) is 1.72. The third kappa shape index (κ3) is 5.08. The van der Waals surface area contributed by atoms with Crippen LogP contribution in [0.5, 0.6) is 5.88 Å². The lowest BCUT2D eigenvalue weighted by molar-refractivity contribution is 0.102. The number of aryl methyl sites for hydroxylation is 1. The van der Waals surface area contributed by atoms with Crippen molar-refractivity contribution in [2.45, 2.75) is 18.7 Å². The van der Waals surface area contributed by atoms with Gasteiger partial charge in [-0.05, 0) is 74.3 Å². The molecule has 30 heavy (non-hydrogen) atoms. The number of anilines is 2. The lowest BCUT2D eigenvalue weighted by Gasteiger charge is -2.13. The van der Waals surface area contributed by atoms with Crippen molar-refractivity contribution in [3.8, 4) is 5.88 Å². The van der Waals surface area contributed by atoms with Crippen LogP contribution in [0, 0.1) is 18.2 Å². The van der Waals surface area contributed by atoms with Crippen LogP contribution in [-0.2, 0) is 0 Å². The minimum absolute atomic E-state index is 0.00710. The molecule has 9 heteroatoms. The van der Waals surface area contributed by atoms with Gasteiger partial charge in [-0.3, -0.25) is 4.79 Å². The molecule has 0 aliphatic carbocycles. The zero-order valence-electron chi connectivity index (χ0n) is 16.1. The van der Waals surface area contributed by atoms with E-state index in [4.69, 9.17) is 17.0 Å². The molecule has 0 aliphatic rings. The lowest BCUT2D eigenvalue weighted by atomic mass is 10.0. The first-order valence-corrected chi connectivity index (χ1v) is 9.99. The van der Waals surface area contributed by atoms with Crippen molar-refractivity contribution in [1.82, 2.24) is 4.98 Å². The van der Waals surface area contributed by atoms with Crippen LogP contribution in [0.15, 0.2) is 53.4 Å². The largest absolute Gasteiger partial charge is 0.493 e. The van der Waals surface area contributed by atoms with E-state index in [1.54, 1.807) is 31.2 Å². The summed E-state index contributed by atoms with van der Waals surface area (Å²) in [4.78, 5) is 16.9. The summed E-state index contributed by atoms with van der Waals surface area (Å²) >= 11 is 6.91. The Balaban J connectivity index is 1.81. The van der Waals surface area contributed by atoms with Gasteiger partial charge in [0.25, 0.3) is 5.91 Å². The zero-order chi connectivity index (χ0) is 21.8. The molecule has 0 bridgehead atoms. The van der Waals surface area contributed by atoms with Gasteiger partial charge in [0.1, 0.15) is 5.82 Å². The number of amides is 1. The van der Waals surface area contributed by atoms with E-state index >= 15 is 0 Å². The number of nitrogens with one attached hydrogen (secondary N) is 3. The average Bonchev–Trinajstić information content (AvgIpc) is 2.68. The van der Waals surface area contributed by atoms with E-state index in [1.165, 1.54) is 31.2 Å². The number of hydrogen-bond acceptors (Lipinski definition) is 6. The highest BCUT2D eigenvalue weighted by molar-refractivity contribution is 8.00. The maximum Gasteiger partial charge on any atom is 0.256 e. The Labute approximate surface area is 182 Å². The van der Waals surface area contributed by atoms with Gasteiger partial charge in [-0.2, -0.15) is 0 Å². The predicted molar refractivity (Wildman–Crippen MR) is 118 cm³/mol. The summed E-state index contributed by atoms with van der Waals surface area (Å²) in [5.74, 6) is -1.37. The van der Waals surface area contributed by atoms with Crippen molar-refractivity contribution < 1.29 is 14.3 Å². The molecule has 6 nitrogen and oxygen atoms in total. The van der Waals surface area contributed by atoms with E-state index in [0.717, 1.165) is 17.6 Å². The molecule has 1 heterocycles. The van der Waals surface area contributed by atoms with Gasteiger partial charge in [0.05, 0.1) is 16.0 Å². The molecule has 154 valence electrons. The molecule has 1 aromatic heterocycles. The summed E-state index contributed by atoms with van der Waals surface area (Å²) in [6.07, 6.45) is 0. The Morgan fingerprint density at radius 1 is 1.17 bits per heavy atom. The first kappa shape index (κ1) is 21.6. The highest BCUT2D eigenvalue weighted by Crippen LogP contribution is 2.28. The van der Waals surface area contributed by atoms with Crippen LogP contribution < -0.4 is 10.0 Å². The molecular formula is C21H18ClFN4O2S. The van der Waals surface area contributed by atoms with Crippen LogP contribution in [0.2, 0.25) is 5.02 Å². The highest BCUT2D eigenvalue weighted by Gasteiger charge is 2.19. The van der Waals surface area contributed by atoms with Crippen molar-refractivity contribution in [3.05, 3.63) is 76.2 Å². The molecule has 3 aromatic rings. The van der Waals surface area contributed by atoms with Gasteiger partial charge in [-0.25, -0.2) is 9.37 Å². The topological polar surface area (TPSA) is 98.1 Å². The summed E-state index contributed by atoms with van der Waals surface area (Å²) in [6.45, 7) is 3.09. The van der Waals surface area contributed by atoms with E-state index in [2.05, 4.69) is 15.0 Å². The van der Waals surface area contributed by atoms with Crippen molar-refractivity contribution in [1.29, 1.82) is 5.41 Å². The smallest absolute Gasteiger partial charge is 0.256 e. The van der Waals surface area contributed by atoms with Gasteiger partial charge in [-0.15, -0.1) is 0 Å². The van der Waals surface area contributed by atoms with Crippen LogP contribution >= 0.6 is 23.5 Å². The fourth-order valence-electron chi connectivity index (χ4n) is 2.70. The first-order valence-electron chi connectivity index (χ1n) is 8.80. The lowest BCUT2D eigenvalue weighted by Crippen LogP contribution is -2.17. The minimum atomic E-state index is -0.536. The molecule has 3 rings (SSSR count). The van der Waals surface area contributed by atoms with Gasteiger partial charge in [0.2, 0.25) is 5.88 Å². The van der Waals surface area contributed by atoms with E-state index in [1.807, 2.05) is 0 Å². The normalized spacial score (nSPS) is 10.5. The Morgan fingerprint density at radius 2 is 1.83 bits per heavy atom. The summed E-state index contributed by atoms with van der Waals surface area (Å²) in [6, 6.07) is 12.6. The molecule has 0 unspecified atom stereocenters. The molecule has 0 saturated carbocycles. The quantitative estimate of drug-likeness (QED) is 0.291. The SMILES string of the molecule is CC(=N)c1c(C(=O)Nc2ccc(F)c(SNc3ccc(Cl)cc3)c2)cc(C)nc1O. The van der Waals surface area contributed by atoms with Gasteiger partial charge in [0, 0.05) is 27.8 Å². The number of hydrogen-bond donors (Lipinski definition) is 4. The molecule has 0 radical (unpaired) electrons. The second-order valence-corrected chi connectivity index (χ2v) is 7.73. The predicted octanol–water partition coefficient (Wildman–Crippen LogP) is 5.65. The summed E-state index contributed by atoms with van der Waals surface area (Å²) < 4.78 is 17.2. The Bertz CT molecular complexity index is 1120. The van der Waals surface area contributed by atoms with E-state index in [0.29, 0.717) is 16.4 Å². The first-order chi connectivity index (χ1) is 14.2. The number of carbonyl (C=O) groups is 1. The minimum Gasteiger partial charge on any atom is -0.493 e. The molecule has 0 saturated heterocycles. The number of rotatable bonds is 6. The monoisotopic (exact) mass is 444 g/mol. The van der Waals surface area contributed by atoms with Crippen LogP contribution in [0.3, 0.4) is 0 Å². The molecular weight excluding hydrogens is 427 g/mol. The maximum absolute atomic E-state index is 14.2. The molecule has 0 spiro atoms. The third-order valence-corrected chi connectivity index (χ3v) is 5.18. The number of benzene rings is 2. The van der Waals surface area contributed by atoms with Crippen molar-refractivity contribution in [3.63, 3.8) is 0 Å². The Hall–Kier alpha value is -3.10. The summed E-state index contributed by atoms with van der Waals surface area (Å²) in [5, 5.41) is 21.1. The molecule has 1 amide bonds.